The monoisotopic (exact) mass is 402 g/mol. The molecule has 0 spiro atoms. The number of aromatic nitrogens is 4. The van der Waals surface area contributed by atoms with Gasteiger partial charge in [-0.3, -0.25) is 9.38 Å². The fraction of sp³-hybridized carbons (Fsp3) is 0.353. The minimum atomic E-state index is -4.49. The minimum absolute atomic E-state index is 0.0306. The maximum absolute atomic E-state index is 13.9. The molecule has 0 unspecified atom stereocenters. The molecule has 3 aromatic rings. The van der Waals surface area contributed by atoms with Gasteiger partial charge in [-0.05, 0) is 37.6 Å². The van der Waals surface area contributed by atoms with Crippen LogP contribution in [-0.2, 0) is 10.8 Å². The highest BCUT2D eigenvalue weighted by Crippen LogP contribution is 2.31. The summed E-state index contributed by atoms with van der Waals surface area (Å²) in [7, 11) is 0.841. The Bertz CT molecular complexity index is 1000. The highest BCUT2D eigenvalue weighted by Gasteiger charge is 2.38. The van der Waals surface area contributed by atoms with Crippen LogP contribution in [0.15, 0.2) is 30.6 Å². The Hall–Kier alpha value is -2.82. The molecule has 0 fully saturated rings. The fourth-order valence-electron chi connectivity index (χ4n) is 2.50. The van der Waals surface area contributed by atoms with E-state index >= 15 is 0 Å². The smallest absolute Gasteiger partial charge is 0.425 e. The second-order valence-corrected chi connectivity index (χ2v) is 6.02. The lowest BCUT2D eigenvalue weighted by atomic mass is 10.1. The van der Waals surface area contributed by atoms with Crippen molar-refractivity contribution in [1.82, 2.24) is 19.6 Å². The molecule has 0 bridgehead atoms. The van der Waals surface area contributed by atoms with Gasteiger partial charge in [0.2, 0.25) is 5.82 Å². The Kier molecular flexibility index (Phi) is 4.96. The van der Waals surface area contributed by atoms with Crippen LogP contribution in [0.4, 0.5) is 22.0 Å². The van der Waals surface area contributed by atoms with Gasteiger partial charge in [0.25, 0.3) is 0 Å². The summed E-state index contributed by atoms with van der Waals surface area (Å²) in [5.41, 5.74) is 1.46. The van der Waals surface area contributed by atoms with Gasteiger partial charge in [0.1, 0.15) is 5.75 Å². The third kappa shape index (κ3) is 3.75. The molecule has 1 atom stereocenters. The molecule has 0 radical (unpaired) electrons. The predicted octanol–water partition coefficient (Wildman–Crippen LogP) is 4.13. The fourth-order valence-corrected chi connectivity index (χ4v) is 2.50. The van der Waals surface area contributed by atoms with Crippen LogP contribution in [0.1, 0.15) is 18.3 Å². The number of ether oxygens (including phenoxy) is 2. The van der Waals surface area contributed by atoms with E-state index < -0.39 is 24.2 Å². The van der Waals surface area contributed by atoms with Gasteiger partial charge in [-0.2, -0.15) is 22.0 Å². The van der Waals surface area contributed by atoms with Crippen molar-refractivity contribution >= 4 is 5.65 Å². The normalized spacial score (nSPS) is 13.7. The number of rotatable bonds is 5. The second kappa shape index (κ2) is 6.97. The first kappa shape index (κ1) is 19.9. The van der Waals surface area contributed by atoms with Crippen LogP contribution >= 0.6 is 0 Å². The zero-order valence-corrected chi connectivity index (χ0v) is 15.0. The van der Waals surface area contributed by atoms with E-state index in [1.807, 2.05) is 0 Å². The number of benzene rings is 1. The molecule has 6 nitrogen and oxygen atoms in total. The molecule has 0 aliphatic rings. The number of fused-ring (bicyclic) bond motifs is 1. The van der Waals surface area contributed by atoms with Crippen LogP contribution in [0.5, 0.6) is 5.75 Å². The predicted molar refractivity (Wildman–Crippen MR) is 88.0 cm³/mol. The summed E-state index contributed by atoms with van der Waals surface area (Å²) in [4.78, 5) is 4.16. The van der Waals surface area contributed by atoms with Crippen molar-refractivity contribution in [2.45, 2.75) is 32.2 Å². The van der Waals surface area contributed by atoms with Crippen molar-refractivity contribution in [2.24, 2.45) is 0 Å². The molecule has 0 aliphatic heterocycles. The van der Waals surface area contributed by atoms with Crippen LogP contribution in [-0.4, -0.2) is 39.0 Å². The van der Waals surface area contributed by atoms with Gasteiger partial charge in [0.05, 0.1) is 11.9 Å². The van der Waals surface area contributed by atoms with Gasteiger partial charge in [-0.25, -0.2) is 0 Å². The topological polar surface area (TPSA) is 61.5 Å². The average molecular weight is 402 g/mol. The van der Waals surface area contributed by atoms with Gasteiger partial charge < -0.3 is 9.47 Å². The van der Waals surface area contributed by atoms with Crippen LogP contribution < -0.4 is 4.74 Å². The summed E-state index contributed by atoms with van der Waals surface area (Å²) < 4.78 is 75.7. The number of hydrogen-bond donors (Lipinski definition) is 0. The van der Waals surface area contributed by atoms with Crippen molar-refractivity contribution < 1.29 is 31.4 Å². The quantitative estimate of drug-likeness (QED) is 0.601. The van der Waals surface area contributed by atoms with E-state index in [4.69, 9.17) is 4.74 Å². The molecule has 28 heavy (non-hydrogen) atoms. The molecule has 3 rings (SSSR count). The average Bonchev–Trinajstić information content (AvgIpc) is 3.05. The number of halogens is 5. The first-order chi connectivity index (χ1) is 13.0. The minimum Gasteiger partial charge on any atom is -0.481 e. The lowest BCUT2D eigenvalue weighted by Crippen LogP contribution is -2.31. The molecule has 11 heteroatoms. The van der Waals surface area contributed by atoms with E-state index in [0.29, 0.717) is 16.8 Å². The Labute approximate surface area is 155 Å². The Morgan fingerprint density at radius 2 is 1.82 bits per heavy atom. The van der Waals surface area contributed by atoms with Gasteiger partial charge in [0.15, 0.2) is 11.8 Å². The number of nitrogens with zero attached hydrogens (tertiary/aromatic N) is 4. The standard InChI is InChI=1S/C17H15F5N4O2/c1-9-6-11(28-10(2)16(18,19)20)4-5-12(9)13-8-26-14(7-23-13)24-25-15(26)17(21,22)27-3/h4-8,10H,1-3H3/t10-/m0/s1. The summed E-state index contributed by atoms with van der Waals surface area (Å²) >= 11 is 0. The molecule has 2 aromatic heterocycles. The highest BCUT2D eigenvalue weighted by atomic mass is 19.4. The number of methoxy groups -OCH3 is 1. The molecule has 1 aromatic carbocycles. The van der Waals surface area contributed by atoms with Gasteiger partial charge >= 0.3 is 12.3 Å². The molecular formula is C17H15F5N4O2. The maximum Gasteiger partial charge on any atom is 0.425 e. The van der Waals surface area contributed by atoms with E-state index in [2.05, 4.69) is 19.9 Å². The summed E-state index contributed by atoms with van der Waals surface area (Å²) in [5, 5.41) is 7.06. The maximum atomic E-state index is 13.9. The summed E-state index contributed by atoms with van der Waals surface area (Å²) in [6, 6.07) is 4.27. The van der Waals surface area contributed by atoms with E-state index in [1.165, 1.54) is 30.6 Å². The lowest BCUT2D eigenvalue weighted by Gasteiger charge is -2.18. The molecule has 150 valence electrons. The van der Waals surface area contributed by atoms with E-state index in [0.717, 1.165) is 18.4 Å². The van der Waals surface area contributed by atoms with Crippen molar-refractivity contribution in [2.75, 3.05) is 7.11 Å². The van der Waals surface area contributed by atoms with Crippen molar-refractivity contribution in [3.05, 3.63) is 42.0 Å². The van der Waals surface area contributed by atoms with E-state index in [9.17, 15) is 22.0 Å². The van der Waals surface area contributed by atoms with Gasteiger partial charge in [-0.1, -0.05) is 0 Å². The lowest BCUT2D eigenvalue weighted by molar-refractivity contribution is -0.237. The summed E-state index contributed by atoms with van der Waals surface area (Å²) in [5.74, 6) is -0.687. The van der Waals surface area contributed by atoms with Gasteiger partial charge in [0, 0.05) is 18.9 Å². The molecule has 0 amide bonds. The largest absolute Gasteiger partial charge is 0.481 e. The van der Waals surface area contributed by atoms with Crippen LogP contribution in [0.3, 0.4) is 0 Å². The van der Waals surface area contributed by atoms with Crippen molar-refractivity contribution in [1.29, 1.82) is 0 Å². The van der Waals surface area contributed by atoms with Crippen molar-refractivity contribution in [3.63, 3.8) is 0 Å². The number of hydrogen-bond acceptors (Lipinski definition) is 5. The van der Waals surface area contributed by atoms with Crippen LogP contribution in [0, 0.1) is 6.92 Å². The first-order valence-corrected chi connectivity index (χ1v) is 8.01. The van der Waals surface area contributed by atoms with E-state index in [-0.39, 0.29) is 11.4 Å². The second-order valence-electron chi connectivity index (χ2n) is 6.02. The first-order valence-electron chi connectivity index (χ1n) is 8.01. The molecular weight excluding hydrogens is 387 g/mol. The third-order valence-corrected chi connectivity index (χ3v) is 4.06. The molecule has 0 N–H and O–H groups in total. The molecule has 0 saturated heterocycles. The summed E-state index contributed by atoms with van der Waals surface area (Å²) in [6.45, 7) is 2.55. The van der Waals surface area contributed by atoms with Crippen molar-refractivity contribution in [3.8, 4) is 17.0 Å². The zero-order chi connectivity index (χ0) is 20.7. The Morgan fingerprint density at radius 3 is 2.43 bits per heavy atom. The number of alkyl halides is 5. The SMILES string of the molecule is COC(F)(F)c1nnc2cnc(-c3ccc(O[C@@H](C)C(F)(F)F)cc3C)cn12. The molecule has 2 heterocycles. The van der Waals surface area contributed by atoms with Gasteiger partial charge in [-0.15, -0.1) is 10.2 Å². The Balaban J connectivity index is 1.97. The Morgan fingerprint density at radius 1 is 1.11 bits per heavy atom. The van der Waals surface area contributed by atoms with Crippen LogP contribution in [0.2, 0.25) is 0 Å². The molecule has 0 saturated carbocycles. The number of aryl methyl sites for hydroxylation is 1. The summed E-state index contributed by atoms with van der Waals surface area (Å²) in [6.07, 6.45) is -7.55. The van der Waals surface area contributed by atoms with E-state index in [1.54, 1.807) is 6.92 Å². The zero-order valence-electron chi connectivity index (χ0n) is 15.0. The third-order valence-electron chi connectivity index (χ3n) is 4.06. The molecule has 0 aliphatic carbocycles. The highest BCUT2D eigenvalue weighted by molar-refractivity contribution is 5.65. The van der Waals surface area contributed by atoms with Crippen LogP contribution in [0.25, 0.3) is 16.9 Å².